The first-order chi connectivity index (χ1) is 7.69. The fraction of sp³-hybridized carbons (Fsp3) is 0.333. The minimum atomic E-state index is 0.569. The molecule has 0 radical (unpaired) electrons. The second-order valence-corrected chi connectivity index (χ2v) is 4.57. The molecule has 3 nitrogen and oxygen atoms in total. The van der Waals surface area contributed by atoms with E-state index in [0.717, 1.165) is 27.7 Å². The SMILES string of the molecule is COCc1csc(-c2cc(C)nc(C)c2)n1. The van der Waals surface area contributed by atoms with Crippen LogP contribution in [0.1, 0.15) is 17.1 Å². The Hall–Kier alpha value is -1.26. The first kappa shape index (κ1) is 11.2. The number of hydrogen-bond donors (Lipinski definition) is 0. The zero-order chi connectivity index (χ0) is 11.5. The summed E-state index contributed by atoms with van der Waals surface area (Å²) in [5.41, 5.74) is 4.17. The first-order valence-corrected chi connectivity index (χ1v) is 5.96. The number of pyridine rings is 1. The quantitative estimate of drug-likeness (QED) is 0.819. The predicted octanol–water partition coefficient (Wildman–Crippen LogP) is 2.97. The van der Waals surface area contributed by atoms with Gasteiger partial charge in [0.05, 0.1) is 12.3 Å². The smallest absolute Gasteiger partial charge is 0.123 e. The van der Waals surface area contributed by atoms with Gasteiger partial charge in [0.25, 0.3) is 0 Å². The topological polar surface area (TPSA) is 35.0 Å². The standard InChI is InChI=1S/C12H14N2OS/c1-8-4-10(5-9(2)13-8)12-14-11(6-15-3)7-16-12/h4-5,7H,6H2,1-3H3. The summed E-state index contributed by atoms with van der Waals surface area (Å²) in [6.45, 7) is 4.57. The number of aromatic nitrogens is 2. The van der Waals surface area contributed by atoms with Crippen molar-refractivity contribution in [1.82, 2.24) is 9.97 Å². The molecule has 0 amide bonds. The molecule has 0 bridgehead atoms. The van der Waals surface area contributed by atoms with Crippen molar-refractivity contribution in [2.45, 2.75) is 20.5 Å². The van der Waals surface area contributed by atoms with Crippen LogP contribution in [0.3, 0.4) is 0 Å². The maximum absolute atomic E-state index is 5.06. The van der Waals surface area contributed by atoms with Crippen molar-refractivity contribution in [2.75, 3.05) is 7.11 Å². The largest absolute Gasteiger partial charge is 0.378 e. The number of rotatable bonds is 3. The average Bonchev–Trinajstić information content (AvgIpc) is 2.65. The number of aryl methyl sites for hydroxylation is 2. The number of thiazole rings is 1. The van der Waals surface area contributed by atoms with E-state index in [1.54, 1.807) is 18.4 Å². The Morgan fingerprint density at radius 3 is 2.50 bits per heavy atom. The monoisotopic (exact) mass is 234 g/mol. The molecule has 4 heteroatoms. The summed E-state index contributed by atoms with van der Waals surface area (Å²) in [4.78, 5) is 8.87. The van der Waals surface area contributed by atoms with Gasteiger partial charge in [-0.3, -0.25) is 4.98 Å². The van der Waals surface area contributed by atoms with E-state index in [-0.39, 0.29) is 0 Å². The fourth-order valence-corrected chi connectivity index (χ4v) is 2.40. The van der Waals surface area contributed by atoms with Gasteiger partial charge < -0.3 is 4.74 Å². The highest BCUT2D eigenvalue weighted by molar-refractivity contribution is 7.13. The summed E-state index contributed by atoms with van der Waals surface area (Å²) < 4.78 is 5.06. The van der Waals surface area contributed by atoms with Crippen LogP contribution in [0.15, 0.2) is 17.5 Å². The molecular formula is C12H14N2OS. The van der Waals surface area contributed by atoms with Crippen LogP contribution in [0.4, 0.5) is 0 Å². The van der Waals surface area contributed by atoms with E-state index in [0.29, 0.717) is 6.61 Å². The summed E-state index contributed by atoms with van der Waals surface area (Å²) in [5, 5.41) is 3.06. The van der Waals surface area contributed by atoms with Gasteiger partial charge in [0, 0.05) is 29.4 Å². The van der Waals surface area contributed by atoms with Gasteiger partial charge >= 0.3 is 0 Å². The zero-order valence-corrected chi connectivity index (χ0v) is 10.5. The predicted molar refractivity (Wildman–Crippen MR) is 65.5 cm³/mol. The van der Waals surface area contributed by atoms with E-state index in [1.807, 2.05) is 19.2 Å². The lowest BCUT2D eigenvalue weighted by atomic mass is 10.2. The second kappa shape index (κ2) is 4.72. The molecule has 0 N–H and O–H groups in total. The van der Waals surface area contributed by atoms with Crippen molar-refractivity contribution < 1.29 is 4.74 Å². The van der Waals surface area contributed by atoms with E-state index in [1.165, 1.54) is 0 Å². The summed E-state index contributed by atoms with van der Waals surface area (Å²) >= 11 is 1.64. The molecule has 0 spiro atoms. The average molecular weight is 234 g/mol. The van der Waals surface area contributed by atoms with E-state index < -0.39 is 0 Å². The van der Waals surface area contributed by atoms with Gasteiger partial charge in [-0.1, -0.05) is 0 Å². The van der Waals surface area contributed by atoms with Crippen molar-refractivity contribution in [1.29, 1.82) is 0 Å². The molecule has 0 aromatic carbocycles. The van der Waals surface area contributed by atoms with Crippen molar-refractivity contribution in [3.63, 3.8) is 0 Å². The molecular weight excluding hydrogens is 220 g/mol. The van der Waals surface area contributed by atoms with Gasteiger partial charge in [0.2, 0.25) is 0 Å². The maximum atomic E-state index is 5.06. The van der Waals surface area contributed by atoms with Crippen molar-refractivity contribution >= 4 is 11.3 Å². The number of methoxy groups -OCH3 is 1. The highest BCUT2D eigenvalue weighted by atomic mass is 32.1. The third-order valence-corrected chi connectivity index (χ3v) is 3.11. The molecule has 0 saturated carbocycles. The van der Waals surface area contributed by atoms with Gasteiger partial charge in [-0.15, -0.1) is 11.3 Å². The minimum Gasteiger partial charge on any atom is -0.378 e. The molecule has 2 rings (SSSR count). The molecule has 0 aliphatic rings. The van der Waals surface area contributed by atoms with Crippen LogP contribution in [-0.4, -0.2) is 17.1 Å². The second-order valence-electron chi connectivity index (χ2n) is 3.72. The molecule has 84 valence electrons. The maximum Gasteiger partial charge on any atom is 0.123 e. The first-order valence-electron chi connectivity index (χ1n) is 5.08. The number of ether oxygens (including phenoxy) is 1. The zero-order valence-electron chi connectivity index (χ0n) is 9.65. The third-order valence-electron chi connectivity index (χ3n) is 2.17. The van der Waals surface area contributed by atoms with E-state index in [4.69, 9.17) is 4.74 Å². The molecule has 0 unspecified atom stereocenters. The Labute approximate surface area is 99.1 Å². The Bertz CT molecular complexity index is 473. The van der Waals surface area contributed by atoms with E-state index in [2.05, 4.69) is 22.1 Å². The minimum absolute atomic E-state index is 0.569. The Kier molecular flexibility index (Phi) is 3.31. The van der Waals surface area contributed by atoms with Crippen LogP contribution >= 0.6 is 11.3 Å². The van der Waals surface area contributed by atoms with Gasteiger partial charge in [0.1, 0.15) is 5.01 Å². The molecule has 0 aliphatic heterocycles. The highest BCUT2D eigenvalue weighted by Gasteiger charge is 2.06. The van der Waals surface area contributed by atoms with Gasteiger partial charge in [-0.25, -0.2) is 4.98 Å². The van der Waals surface area contributed by atoms with Crippen LogP contribution in [0.2, 0.25) is 0 Å². The molecule has 2 aromatic rings. The number of hydrogen-bond acceptors (Lipinski definition) is 4. The van der Waals surface area contributed by atoms with Crippen LogP contribution in [-0.2, 0) is 11.3 Å². The molecule has 0 fully saturated rings. The van der Waals surface area contributed by atoms with Gasteiger partial charge in [-0.2, -0.15) is 0 Å². The van der Waals surface area contributed by atoms with Crippen molar-refractivity contribution in [3.05, 3.63) is 34.6 Å². The third kappa shape index (κ3) is 2.46. The van der Waals surface area contributed by atoms with Gasteiger partial charge in [-0.05, 0) is 26.0 Å². The fourth-order valence-electron chi connectivity index (χ4n) is 1.61. The Balaban J connectivity index is 2.34. The summed E-state index contributed by atoms with van der Waals surface area (Å²) in [6, 6.07) is 4.12. The van der Waals surface area contributed by atoms with E-state index in [9.17, 15) is 0 Å². The van der Waals surface area contributed by atoms with Crippen molar-refractivity contribution in [3.8, 4) is 10.6 Å². The molecule has 0 atom stereocenters. The molecule has 0 aliphatic carbocycles. The lowest BCUT2D eigenvalue weighted by Gasteiger charge is -2.00. The lowest BCUT2D eigenvalue weighted by molar-refractivity contribution is 0.182. The van der Waals surface area contributed by atoms with Gasteiger partial charge in [0.15, 0.2) is 0 Å². The Morgan fingerprint density at radius 1 is 1.19 bits per heavy atom. The van der Waals surface area contributed by atoms with Crippen LogP contribution in [0, 0.1) is 13.8 Å². The summed E-state index contributed by atoms with van der Waals surface area (Å²) in [5.74, 6) is 0. The highest BCUT2D eigenvalue weighted by Crippen LogP contribution is 2.24. The van der Waals surface area contributed by atoms with Crippen molar-refractivity contribution in [2.24, 2.45) is 0 Å². The molecule has 2 heterocycles. The number of nitrogens with zero attached hydrogens (tertiary/aromatic N) is 2. The van der Waals surface area contributed by atoms with Crippen LogP contribution in [0.25, 0.3) is 10.6 Å². The summed E-state index contributed by atoms with van der Waals surface area (Å²) in [6.07, 6.45) is 0. The van der Waals surface area contributed by atoms with Crippen LogP contribution < -0.4 is 0 Å². The molecule has 2 aromatic heterocycles. The molecule has 16 heavy (non-hydrogen) atoms. The Morgan fingerprint density at radius 2 is 1.88 bits per heavy atom. The summed E-state index contributed by atoms with van der Waals surface area (Å²) in [7, 11) is 1.68. The molecule has 0 saturated heterocycles. The van der Waals surface area contributed by atoms with Crippen LogP contribution in [0.5, 0.6) is 0 Å². The lowest BCUT2D eigenvalue weighted by Crippen LogP contribution is -1.89. The normalized spacial score (nSPS) is 10.7. The van der Waals surface area contributed by atoms with E-state index >= 15 is 0 Å².